The van der Waals surface area contributed by atoms with Crippen LogP contribution in [0.3, 0.4) is 0 Å². The number of carbonyl (C=O) groups is 1. The quantitative estimate of drug-likeness (QED) is 0.630. The van der Waals surface area contributed by atoms with Crippen LogP contribution in [0.4, 0.5) is 5.69 Å². The van der Waals surface area contributed by atoms with Crippen LogP contribution >= 0.6 is 11.6 Å². The van der Waals surface area contributed by atoms with Gasteiger partial charge in [-0.15, -0.1) is 0 Å². The lowest BCUT2D eigenvalue weighted by Crippen LogP contribution is -2.27. The fourth-order valence-corrected chi connectivity index (χ4v) is 4.27. The number of benzene rings is 2. The maximum Gasteiger partial charge on any atom is 0.242 e. The molecule has 3 rings (SSSR count). The summed E-state index contributed by atoms with van der Waals surface area (Å²) in [7, 11) is -0.692. The summed E-state index contributed by atoms with van der Waals surface area (Å²) >= 11 is 6.15. The summed E-state index contributed by atoms with van der Waals surface area (Å²) in [5.74, 6) is 0.393. The number of amides is 1. The third kappa shape index (κ3) is 5.57. The molecule has 156 valence electrons. The van der Waals surface area contributed by atoms with E-state index in [9.17, 15) is 13.2 Å². The van der Waals surface area contributed by atoms with Crippen LogP contribution in [0.2, 0.25) is 5.02 Å². The Hall–Kier alpha value is -1.93. The second-order valence-corrected chi connectivity index (χ2v) is 9.97. The van der Waals surface area contributed by atoms with Crippen LogP contribution < -0.4 is 10.6 Å². The molecule has 1 aliphatic rings. The Bertz CT molecular complexity index is 960. The Kier molecular flexibility index (Phi) is 6.95. The highest BCUT2D eigenvalue weighted by Gasteiger charge is 2.31. The van der Waals surface area contributed by atoms with Gasteiger partial charge in [-0.05, 0) is 42.5 Å². The molecule has 1 aliphatic carbocycles. The molecule has 6 nitrogen and oxygen atoms in total. The fraction of sp³-hybridized carbons (Fsp3) is 0.381. The van der Waals surface area contributed by atoms with E-state index in [-0.39, 0.29) is 23.3 Å². The number of sulfonamides is 1. The molecule has 2 N–H and O–H groups in total. The number of anilines is 1. The van der Waals surface area contributed by atoms with Crippen LogP contribution in [0.5, 0.6) is 0 Å². The molecule has 8 heteroatoms. The van der Waals surface area contributed by atoms with Crippen LogP contribution in [0, 0.1) is 5.92 Å². The number of nitrogens with one attached hydrogen (secondary N) is 2. The van der Waals surface area contributed by atoms with Crippen molar-refractivity contribution < 1.29 is 13.2 Å². The van der Waals surface area contributed by atoms with Crippen LogP contribution in [-0.2, 0) is 14.8 Å². The highest BCUT2D eigenvalue weighted by molar-refractivity contribution is 7.89. The first-order valence-electron chi connectivity index (χ1n) is 9.59. The summed E-state index contributed by atoms with van der Waals surface area (Å²) in [6, 6.07) is 14.8. The van der Waals surface area contributed by atoms with E-state index in [0.29, 0.717) is 23.2 Å². The molecule has 0 aromatic heterocycles. The van der Waals surface area contributed by atoms with Crippen LogP contribution in [-0.4, -0.2) is 39.3 Å². The summed E-state index contributed by atoms with van der Waals surface area (Å²) in [6.45, 7) is 0.523. The molecule has 1 unspecified atom stereocenters. The smallest absolute Gasteiger partial charge is 0.242 e. The summed E-state index contributed by atoms with van der Waals surface area (Å²) < 4.78 is 25.7. The molecule has 0 radical (unpaired) electrons. The molecule has 0 aliphatic heterocycles. The second kappa shape index (κ2) is 9.26. The minimum Gasteiger partial charge on any atom is -0.325 e. The number of nitrogens with zero attached hydrogens (tertiary/aromatic N) is 1. The van der Waals surface area contributed by atoms with E-state index in [1.54, 1.807) is 0 Å². The standard InChI is InChI=1S/C21H26ClN3O3S/c1-25(2)29(27,28)17-10-11-18(22)19(14-17)24-20(26)12-13-23-21(16-8-9-16)15-6-4-3-5-7-15/h3-7,10-11,14,16,21,23H,8-9,12-13H2,1-2H3,(H,24,26). The molecule has 2 aromatic carbocycles. The predicted molar refractivity (Wildman–Crippen MR) is 115 cm³/mol. The van der Waals surface area contributed by atoms with Gasteiger partial charge < -0.3 is 10.6 Å². The van der Waals surface area contributed by atoms with Gasteiger partial charge in [-0.25, -0.2) is 12.7 Å². The molecule has 1 atom stereocenters. The number of carbonyl (C=O) groups excluding carboxylic acids is 1. The van der Waals surface area contributed by atoms with Crippen molar-refractivity contribution in [1.82, 2.24) is 9.62 Å². The van der Waals surface area contributed by atoms with E-state index in [0.717, 1.165) is 4.31 Å². The minimum absolute atomic E-state index is 0.0817. The van der Waals surface area contributed by atoms with Gasteiger partial charge in [-0.3, -0.25) is 4.79 Å². The first-order valence-corrected chi connectivity index (χ1v) is 11.4. The van der Waals surface area contributed by atoms with Crippen LogP contribution in [0.1, 0.15) is 30.9 Å². The molecule has 0 saturated heterocycles. The molecule has 1 saturated carbocycles. The summed E-state index contributed by atoms with van der Waals surface area (Å²) in [5, 5.41) is 6.51. The van der Waals surface area contributed by atoms with Gasteiger partial charge in [0.25, 0.3) is 0 Å². The number of halogens is 1. The van der Waals surface area contributed by atoms with Crippen molar-refractivity contribution in [2.45, 2.75) is 30.2 Å². The number of hydrogen-bond donors (Lipinski definition) is 2. The zero-order valence-corrected chi connectivity index (χ0v) is 18.1. The number of hydrogen-bond acceptors (Lipinski definition) is 4. The summed E-state index contributed by atoms with van der Waals surface area (Å²) in [6.07, 6.45) is 2.65. The molecule has 2 aromatic rings. The van der Waals surface area contributed by atoms with Gasteiger partial charge in [0.2, 0.25) is 15.9 Å². The van der Waals surface area contributed by atoms with Crippen LogP contribution in [0.25, 0.3) is 0 Å². The molecule has 1 amide bonds. The first kappa shape index (κ1) is 21.8. The average Bonchev–Trinajstić information content (AvgIpc) is 3.52. The average molecular weight is 436 g/mol. The lowest BCUT2D eigenvalue weighted by atomic mass is 10.0. The van der Waals surface area contributed by atoms with Crippen molar-refractivity contribution in [2.75, 3.05) is 26.0 Å². The molecular formula is C21H26ClN3O3S. The van der Waals surface area contributed by atoms with Crippen molar-refractivity contribution in [3.63, 3.8) is 0 Å². The first-order chi connectivity index (χ1) is 13.8. The van der Waals surface area contributed by atoms with Gasteiger partial charge in [0, 0.05) is 33.1 Å². The van der Waals surface area contributed by atoms with Gasteiger partial charge in [0.1, 0.15) is 0 Å². The van der Waals surface area contributed by atoms with Crippen molar-refractivity contribution >= 4 is 33.2 Å². The Labute approximate surface area is 177 Å². The van der Waals surface area contributed by atoms with E-state index in [4.69, 9.17) is 11.6 Å². The van der Waals surface area contributed by atoms with Gasteiger partial charge >= 0.3 is 0 Å². The van der Waals surface area contributed by atoms with E-state index < -0.39 is 10.0 Å². The lowest BCUT2D eigenvalue weighted by molar-refractivity contribution is -0.116. The van der Waals surface area contributed by atoms with Crippen molar-refractivity contribution in [3.8, 4) is 0 Å². The normalized spacial score (nSPS) is 15.3. The maximum atomic E-state index is 12.4. The number of rotatable bonds is 9. The van der Waals surface area contributed by atoms with Crippen molar-refractivity contribution in [2.24, 2.45) is 5.92 Å². The molecule has 0 bridgehead atoms. The molecule has 0 spiro atoms. The monoisotopic (exact) mass is 435 g/mol. The molecular weight excluding hydrogens is 410 g/mol. The van der Waals surface area contributed by atoms with Gasteiger partial charge in [-0.2, -0.15) is 0 Å². The van der Waals surface area contributed by atoms with E-state index in [1.807, 2.05) is 18.2 Å². The minimum atomic E-state index is -3.60. The lowest BCUT2D eigenvalue weighted by Gasteiger charge is -2.19. The van der Waals surface area contributed by atoms with E-state index >= 15 is 0 Å². The summed E-state index contributed by atoms with van der Waals surface area (Å²) in [4.78, 5) is 12.5. The fourth-order valence-electron chi connectivity index (χ4n) is 3.17. The van der Waals surface area contributed by atoms with Gasteiger partial charge in [0.05, 0.1) is 15.6 Å². The van der Waals surface area contributed by atoms with Gasteiger partial charge in [0.15, 0.2) is 0 Å². The Morgan fingerprint density at radius 1 is 1.17 bits per heavy atom. The van der Waals surface area contributed by atoms with Crippen molar-refractivity contribution in [1.29, 1.82) is 0 Å². The summed E-state index contributed by atoms with van der Waals surface area (Å²) in [5.41, 5.74) is 1.53. The van der Waals surface area contributed by atoms with E-state index in [1.165, 1.54) is 50.7 Å². The van der Waals surface area contributed by atoms with Crippen LogP contribution in [0.15, 0.2) is 53.4 Å². The maximum absolute atomic E-state index is 12.4. The SMILES string of the molecule is CN(C)S(=O)(=O)c1ccc(Cl)c(NC(=O)CCNC(c2ccccc2)C2CC2)c1. The third-order valence-corrected chi connectivity index (χ3v) is 7.10. The molecule has 29 heavy (non-hydrogen) atoms. The topological polar surface area (TPSA) is 78.5 Å². The largest absolute Gasteiger partial charge is 0.325 e. The molecule has 1 fully saturated rings. The Morgan fingerprint density at radius 2 is 1.86 bits per heavy atom. The zero-order chi connectivity index (χ0) is 21.0. The molecule has 0 heterocycles. The van der Waals surface area contributed by atoms with Crippen molar-refractivity contribution in [3.05, 3.63) is 59.1 Å². The second-order valence-electron chi connectivity index (χ2n) is 7.41. The predicted octanol–water partition coefficient (Wildman–Crippen LogP) is 3.66. The third-order valence-electron chi connectivity index (χ3n) is 4.96. The highest BCUT2D eigenvalue weighted by Crippen LogP contribution is 2.40. The highest BCUT2D eigenvalue weighted by atomic mass is 35.5. The van der Waals surface area contributed by atoms with Gasteiger partial charge in [-0.1, -0.05) is 41.9 Å². The van der Waals surface area contributed by atoms with E-state index in [2.05, 4.69) is 22.8 Å². The Morgan fingerprint density at radius 3 is 2.48 bits per heavy atom. The zero-order valence-electron chi connectivity index (χ0n) is 16.6. The Balaban J connectivity index is 1.59.